The molecule has 0 aliphatic heterocycles. The summed E-state index contributed by atoms with van der Waals surface area (Å²) >= 11 is 0. The lowest BCUT2D eigenvalue weighted by Gasteiger charge is -2.21. The molecule has 1 N–H and O–H groups in total. The smallest absolute Gasteiger partial charge is 0.219 e. The molecular formula is C12H20N2O3S. The molecule has 1 aromatic rings. The van der Waals surface area contributed by atoms with Gasteiger partial charge in [0.15, 0.2) is 5.76 Å². The molecule has 0 aromatic carbocycles. The fourth-order valence-corrected chi connectivity index (χ4v) is 3.46. The van der Waals surface area contributed by atoms with E-state index >= 15 is 0 Å². The first-order chi connectivity index (χ1) is 8.55. The number of hydrogen-bond donors (Lipinski definition) is 1. The summed E-state index contributed by atoms with van der Waals surface area (Å²) in [6.45, 7) is 2.32. The summed E-state index contributed by atoms with van der Waals surface area (Å²) in [4.78, 5) is 0. The number of sulfonamides is 1. The lowest BCUT2D eigenvalue weighted by molar-refractivity contribution is 0.356. The van der Waals surface area contributed by atoms with Crippen LogP contribution in [-0.4, -0.2) is 20.1 Å². The van der Waals surface area contributed by atoms with Crippen LogP contribution in [0.3, 0.4) is 0 Å². The highest BCUT2D eigenvalue weighted by Crippen LogP contribution is 2.23. The van der Waals surface area contributed by atoms with Gasteiger partial charge in [-0.3, -0.25) is 0 Å². The minimum absolute atomic E-state index is 0.124. The second-order valence-corrected chi connectivity index (χ2v) is 6.85. The third kappa shape index (κ3) is 4.10. The van der Waals surface area contributed by atoms with Crippen molar-refractivity contribution in [3.63, 3.8) is 0 Å². The van der Waals surface area contributed by atoms with Gasteiger partial charge >= 0.3 is 0 Å². The lowest BCUT2D eigenvalue weighted by atomic mass is 9.90. The highest BCUT2D eigenvalue weighted by Gasteiger charge is 2.19. The predicted octanol–water partition coefficient (Wildman–Crippen LogP) is 1.98. The fraction of sp³-hybridized carbons (Fsp3) is 0.750. The molecule has 0 bridgehead atoms. The SMILES string of the molecule is Cc1cc(CS(=O)(=O)NCC2CCCCC2)on1. The molecule has 0 atom stereocenters. The summed E-state index contributed by atoms with van der Waals surface area (Å²) in [5, 5.41) is 3.68. The number of nitrogens with one attached hydrogen (secondary N) is 1. The van der Waals surface area contributed by atoms with Gasteiger partial charge in [-0.15, -0.1) is 0 Å². The highest BCUT2D eigenvalue weighted by atomic mass is 32.2. The Morgan fingerprint density at radius 1 is 1.39 bits per heavy atom. The van der Waals surface area contributed by atoms with Crippen LogP contribution in [0.15, 0.2) is 10.6 Å². The van der Waals surface area contributed by atoms with Crippen molar-refractivity contribution in [2.75, 3.05) is 6.54 Å². The molecule has 1 aliphatic rings. The fourth-order valence-electron chi connectivity index (χ4n) is 2.36. The van der Waals surface area contributed by atoms with E-state index in [1.807, 2.05) is 0 Å². The Morgan fingerprint density at radius 3 is 2.72 bits per heavy atom. The van der Waals surface area contributed by atoms with E-state index in [2.05, 4.69) is 9.88 Å². The highest BCUT2D eigenvalue weighted by molar-refractivity contribution is 7.88. The molecule has 1 aromatic heterocycles. The Kier molecular flexibility index (Phi) is 4.40. The van der Waals surface area contributed by atoms with Crippen LogP contribution >= 0.6 is 0 Å². The van der Waals surface area contributed by atoms with Gasteiger partial charge < -0.3 is 4.52 Å². The standard InChI is InChI=1S/C12H20N2O3S/c1-10-7-12(17-14-10)9-18(15,16)13-8-11-5-3-2-4-6-11/h7,11,13H,2-6,8-9H2,1H3. The Hall–Kier alpha value is -0.880. The van der Waals surface area contributed by atoms with Crippen LogP contribution in [0.4, 0.5) is 0 Å². The maximum absolute atomic E-state index is 11.9. The number of aryl methyl sites for hydroxylation is 1. The van der Waals surface area contributed by atoms with Crippen LogP contribution in [0.1, 0.15) is 43.6 Å². The van der Waals surface area contributed by atoms with Crippen LogP contribution in [0, 0.1) is 12.8 Å². The molecule has 0 unspecified atom stereocenters. The van der Waals surface area contributed by atoms with Gasteiger partial charge in [0.25, 0.3) is 0 Å². The van der Waals surface area contributed by atoms with Crippen LogP contribution in [0.2, 0.25) is 0 Å². The summed E-state index contributed by atoms with van der Waals surface area (Å²) in [6.07, 6.45) is 5.97. The van der Waals surface area contributed by atoms with Gasteiger partial charge in [-0.1, -0.05) is 24.4 Å². The number of aromatic nitrogens is 1. The molecule has 102 valence electrons. The van der Waals surface area contributed by atoms with E-state index in [1.165, 1.54) is 19.3 Å². The molecule has 6 heteroatoms. The summed E-state index contributed by atoms with van der Waals surface area (Å²) < 4.78 is 31.3. The van der Waals surface area contributed by atoms with Gasteiger partial charge in [0.1, 0.15) is 5.75 Å². The minimum Gasteiger partial charge on any atom is -0.360 e. The van der Waals surface area contributed by atoms with Gasteiger partial charge in [0, 0.05) is 12.6 Å². The van der Waals surface area contributed by atoms with Gasteiger partial charge in [-0.2, -0.15) is 0 Å². The Bertz CT molecular complexity index is 475. The van der Waals surface area contributed by atoms with Crippen molar-refractivity contribution in [3.05, 3.63) is 17.5 Å². The first kappa shape index (κ1) is 13.5. The lowest BCUT2D eigenvalue weighted by Crippen LogP contribution is -2.31. The Morgan fingerprint density at radius 2 is 2.11 bits per heavy atom. The zero-order valence-corrected chi connectivity index (χ0v) is 11.5. The largest absolute Gasteiger partial charge is 0.360 e. The molecule has 0 radical (unpaired) electrons. The van der Waals surface area contributed by atoms with Crippen molar-refractivity contribution in [1.82, 2.24) is 9.88 Å². The molecule has 0 amide bonds. The van der Waals surface area contributed by atoms with Gasteiger partial charge in [-0.05, 0) is 25.7 Å². The zero-order valence-electron chi connectivity index (χ0n) is 10.7. The average Bonchev–Trinajstić information content (AvgIpc) is 2.73. The van der Waals surface area contributed by atoms with Gasteiger partial charge in [0.2, 0.25) is 10.0 Å². The molecule has 0 saturated heterocycles. The summed E-state index contributed by atoms with van der Waals surface area (Å²) in [5.74, 6) is 0.759. The molecule has 1 saturated carbocycles. The normalized spacial score (nSPS) is 18.1. The van der Waals surface area contributed by atoms with Crippen molar-refractivity contribution >= 4 is 10.0 Å². The second kappa shape index (κ2) is 5.84. The van der Waals surface area contributed by atoms with Crippen LogP contribution < -0.4 is 4.72 Å². The first-order valence-electron chi connectivity index (χ1n) is 6.45. The van der Waals surface area contributed by atoms with Crippen molar-refractivity contribution in [2.45, 2.75) is 44.8 Å². The van der Waals surface area contributed by atoms with E-state index in [0.717, 1.165) is 12.8 Å². The molecule has 2 rings (SSSR count). The number of hydrogen-bond acceptors (Lipinski definition) is 4. The van der Waals surface area contributed by atoms with E-state index < -0.39 is 10.0 Å². The van der Waals surface area contributed by atoms with Crippen molar-refractivity contribution in [3.8, 4) is 0 Å². The van der Waals surface area contributed by atoms with E-state index in [-0.39, 0.29) is 5.75 Å². The first-order valence-corrected chi connectivity index (χ1v) is 8.10. The third-order valence-corrected chi connectivity index (χ3v) is 4.60. The van der Waals surface area contributed by atoms with Crippen LogP contribution in [0.25, 0.3) is 0 Å². The summed E-state index contributed by atoms with van der Waals surface area (Å²) in [7, 11) is -3.30. The third-order valence-electron chi connectivity index (χ3n) is 3.33. The van der Waals surface area contributed by atoms with Crippen molar-refractivity contribution in [2.24, 2.45) is 5.92 Å². The van der Waals surface area contributed by atoms with Gasteiger partial charge in [-0.25, -0.2) is 13.1 Å². The number of rotatable bonds is 5. The van der Waals surface area contributed by atoms with Crippen LogP contribution in [-0.2, 0) is 15.8 Å². The maximum Gasteiger partial charge on any atom is 0.219 e. The van der Waals surface area contributed by atoms with E-state index in [1.54, 1.807) is 13.0 Å². The molecule has 18 heavy (non-hydrogen) atoms. The quantitative estimate of drug-likeness (QED) is 0.889. The maximum atomic E-state index is 11.9. The summed E-state index contributed by atoms with van der Waals surface area (Å²) in [6, 6.07) is 1.65. The number of nitrogens with zero attached hydrogens (tertiary/aromatic N) is 1. The van der Waals surface area contributed by atoms with E-state index in [0.29, 0.717) is 23.9 Å². The molecule has 1 fully saturated rings. The van der Waals surface area contributed by atoms with Crippen LogP contribution in [0.5, 0.6) is 0 Å². The average molecular weight is 272 g/mol. The van der Waals surface area contributed by atoms with E-state index in [9.17, 15) is 8.42 Å². The molecule has 5 nitrogen and oxygen atoms in total. The topological polar surface area (TPSA) is 72.2 Å². The molecular weight excluding hydrogens is 252 g/mol. The molecule has 0 spiro atoms. The van der Waals surface area contributed by atoms with Gasteiger partial charge in [0.05, 0.1) is 5.69 Å². The Labute approximate surface area is 108 Å². The predicted molar refractivity (Wildman–Crippen MR) is 68.4 cm³/mol. The summed E-state index contributed by atoms with van der Waals surface area (Å²) in [5.41, 5.74) is 0.701. The zero-order chi connectivity index (χ0) is 13.0. The van der Waals surface area contributed by atoms with Crippen molar-refractivity contribution in [1.29, 1.82) is 0 Å². The van der Waals surface area contributed by atoms with Crippen molar-refractivity contribution < 1.29 is 12.9 Å². The molecule has 1 heterocycles. The molecule has 1 aliphatic carbocycles. The minimum atomic E-state index is -3.30. The van der Waals surface area contributed by atoms with E-state index in [4.69, 9.17) is 4.52 Å². The monoisotopic (exact) mass is 272 g/mol. The second-order valence-electron chi connectivity index (χ2n) is 5.05. The Balaban J connectivity index is 1.83.